The Bertz CT molecular complexity index is 792. The van der Waals surface area contributed by atoms with E-state index >= 15 is 0 Å². The van der Waals surface area contributed by atoms with E-state index in [1.807, 2.05) is 38.1 Å². The van der Waals surface area contributed by atoms with E-state index < -0.39 is 5.60 Å². The Kier molecular flexibility index (Phi) is 5.95. The van der Waals surface area contributed by atoms with Crippen molar-refractivity contribution < 1.29 is 14.8 Å². The van der Waals surface area contributed by atoms with Crippen LogP contribution in [-0.4, -0.2) is 24.7 Å². The van der Waals surface area contributed by atoms with Crippen LogP contribution in [0.4, 0.5) is 0 Å². The second kappa shape index (κ2) is 8.08. The smallest absolute Gasteiger partial charge is 0.338 e. The van der Waals surface area contributed by atoms with Crippen LogP contribution in [-0.2, 0) is 10.2 Å². The molecular formula is C25H34NO2+. The van der Waals surface area contributed by atoms with Crippen LogP contribution < -0.4 is 5.32 Å². The van der Waals surface area contributed by atoms with E-state index in [1.165, 1.54) is 5.56 Å². The van der Waals surface area contributed by atoms with Crippen molar-refractivity contribution in [3.05, 3.63) is 59.7 Å². The molecule has 0 amide bonds. The Morgan fingerprint density at radius 1 is 0.857 bits per heavy atom. The molecule has 150 valence electrons. The number of benzene rings is 2. The molecule has 0 atom stereocenters. The fraction of sp³-hybridized carbons (Fsp3) is 0.480. The average Bonchev–Trinajstić information content (AvgIpc) is 2.68. The van der Waals surface area contributed by atoms with Gasteiger partial charge in [0.05, 0.1) is 18.7 Å². The molecule has 3 heteroatoms. The number of nitrogens with two attached hydrogens (primary N) is 1. The van der Waals surface area contributed by atoms with Gasteiger partial charge in [-0.05, 0) is 48.1 Å². The number of hydrogen-bond donors (Lipinski definition) is 1. The lowest BCUT2D eigenvalue weighted by Gasteiger charge is -2.35. The molecule has 1 saturated heterocycles. The van der Waals surface area contributed by atoms with Crippen LogP contribution in [0.3, 0.4) is 0 Å². The third kappa shape index (κ3) is 4.82. The minimum atomic E-state index is -0.424. The molecule has 1 fully saturated rings. The van der Waals surface area contributed by atoms with Crippen molar-refractivity contribution >= 4 is 5.97 Å². The largest absolute Gasteiger partial charge is 0.456 e. The Balaban J connectivity index is 1.69. The van der Waals surface area contributed by atoms with Crippen molar-refractivity contribution in [3.63, 3.8) is 0 Å². The molecule has 2 aromatic rings. The van der Waals surface area contributed by atoms with Crippen molar-refractivity contribution in [2.24, 2.45) is 5.92 Å². The summed E-state index contributed by atoms with van der Waals surface area (Å²) < 4.78 is 5.91. The van der Waals surface area contributed by atoms with Gasteiger partial charge in [0.2, 0.25) is 0 Å². The summed E-state index contributed by atoms with van der Waals surface area (Å²) in [4.78, 5) is 12.7. The summed E-state index contributed by atoms with van der Waals surface area (Å²) in [7, 11) is 0. The number of esters is 1. The van der Waals surface area contributed by atoms with Gasteiger partial charge in [0.25, 0.3) is 0 Å². The normalized spacial score (nSPS) is 16.0. The molecule has 2 aromatic carbocycles. The average molecular weight is 381 g/mol. The third-order valence-corrected chi connectivity index (χ3v) is 5.98. The Hall–Kier alpha value is -2.13. The lowest BCUT2D eigenvalue weighted by atomic mass is 9.83. The first kappa shape index (κ1) is 20.6. The molecule has 0 unspecified atom stereocenters. The number of piperidine rings is 1. The quantitative estimate of drug-likeness (QED) is 0.790. The zero-order chi connectivity index (χ0) is 20.4. The van der Waals surface area contributed by atoms with E-state index in [1.54, 1.807) is 0 Å². The summed E-state index contributed by atoms with van der Waals surface area (Å²) in [6.07, 6.45) is 2.20. The molecule has 1 aliphatic heterocycles. The number of rotatable bonds is 4. The highest BCUT2D eigenvalue weighted by atomic mass is 16.6. The predicted molar refractivity (Wildman–Crippen MR) is 114 cm³/mol. The molecular weight excluding hydrogens is 346 g/mol. The molecule has 0 aliphatic carbocycles. The minimum absolute atomic E-state index is 0.148. The van der Waals surface area contributed by atoms with Crippen molar-refractivity contribution in [2.75, 3.05) is 13.1 Å². The summed E-state index contributed by atoms with van der Waals surface area (Å²) >= 11 is 0. The standard InChI is InChI=1S/C25H33NO2/c1-24(2,3)21-12-10-19(11-13-21)18-6-8-20(9-7-18)23(27)28-25(4,5)22-14-16-26-17-15-22/h6-13,22,26H,14-17H2,1-5H3/p+1. The van der Waals surface area contributed by atoms with Gasteiger partial charge in [-0.1, -0.05) is 57.2 Å². The molecule has 0 bridgehead atoms. The number of hydrogen-bond acceptors (Lipinski definition) is 2. The summed E-state index contributed by atoms with van der Waals surface area (Å²) in [6.45, 7) is 13.0. The van der Waals surface area contributed by atoms with Crippen LogP contribution in [0.1, 0.15) is 63.4 Å². The molecule has 1 heterocycles. The monoisotopic (exact) mass is 380 g/mol. The van der Waals surface area contributed by atoms with Gasteiger partial charge in [0.1, 0.15) is 5.60 Å². The first-order valence-electron chi connectivity index (χ1n) is 10.4. The maximum Gasteiger partial charge on any atom is 0.338 e. The van der Waals surface area contributed by atoms with Crippen LogP contribution in [0.15, 0.2) is 48.5 Å². The molecule has 3 nitrogen and oxygen atoms in total. The van der Waals surface area contributed by atoms with Gasteiger partial charge in [-0.3, -0.25) is 0 Å². The summed E-state index contributed by atoms with van der Waals surface area (Å²) in [5.41, 5.74) is 3.93. The van der Waals surface area contributed by atoms with Gasteiger partial charge in [0, 0.05) is 18.8 Å². The number of carbonyl (C=O) groups is 1. The van der Waals surface area contributed by atoms with E-state index in [9.17, 15) is 4.79 Å². The van der Waals surface area contributed by atoms with E-state index in [0.717, 1.165) is 37.1 Å². The maximum absolute atomic E-state index is 12.7. The summed E-state index contributed by atoms with van der Waals surface area (Å²) in [5, 5.41) is 2.33. The summed E-state index contributed by atoms with van der Waals surface area (Å²) in [6, 6.07) is 16.4. The molecule has 0 saturated carbocycles. The van der Waals surface area contributed by atoms with Crippen LogP contribution >= 0.6 is 0 Å². The molecule has 2 N–H and O–H groups in total. The molecule has 1 aliphatic rings. The Morgan fingerprint density at radius 2 is 1.36 bits per heavy atom. The van der Waals surface area contributed by atoms with Gasteiger partial charge in [0.15, 0.2) is 0 Å². The number of ether oxygens (including phenoxy) is 1. The van der Waals surface area contributed by atoms with Crippen LogP contribution in [0.25, 0.3) is 11.1 Å². The van der Waals surface area contributed by atoms with Gasteiger partial charge in [-0.25, -0.2) is 4.79 Å². The second-order valence-corrected chi connectivity index (χ2v) is 9.54. The minimum Gasteiger partial charge on any atom is -0.456 e. The van der Waals surface area contributed by atoms with Gasteiger partial charge < -0.3 is 10.1 Å². The maximum atomic E-state index is 12.7. The van der Waals surface area contributed by atoms with Crippen molar-refractivity contribution in [1.29, 1.82) is 0 Å². The van der Waals surface area contributed by atoms with E-state index in [4.69, 9.17) is 4.74 Å². The van der Waals surface area contributed by atoms with Gasteiger partial charge >= 0.3 is 5.97 Å². The lowest BCUT2D eigenvalue weighted by molar-refractivity contribution is -0.665. The molecule has 3 rings (SSSR count). The van der Waals surface area contributed by atoms with E-state index in [0.29, 0.717) is 11.5 Å². The van der Waals surface area contributed by atoms with E-state index in [2.05, 4.69) is 50.4 Å². The molecule has 0 aromatic heterocycles. The first-order valence-corrected chi connectivity index (χ1v) is 10.4. The SMILES string of the molecule is CC(C)(C)c1ccc(-c2ccc(C(=O)OC(C)(C)C3CC[NH2+]CC3)cc2)cc1. The molecule has 0 radical (unpaired) electrons. The Morgan fingerprint density at radius 3 is 1.86 bits per heavy atom. The number of carbonyl (C=O) groups excluding carboxylic acids is 1. The molecule has 0 spiro atoms. The fourth-order valence-corrected chi connectivity index (χ4v) is 3.96. The van der Waals surface area contributed by atoms with Crippen LogP contribution in [0.2, 0.25) is 0 Å². The van der Waals surface area contributed by atoms with Crippen molar-refractivity contribution in [1.82, 2.24) is 0 Å². The zero-order valence-corrected chi connectivity index (χ0v) is 17.9. The topological polar surface area (TPSA) is 42.9 Å². The first-order chi connectivity index (χ1) is 13.2. The van der Waals surface area contributed by atoms with Crippen LogP contribution in [0, 0.1) is 5.92 Å². The van der Waals surface area contributed by atoms with Crippen molar-refractivity contribution in [3.8, 4) is 11.1 Å². The number of quaternary nitrogens is 1. The van der Waals surface area contributed by atoms with Crippen LogP contribution in [0.5, 0.6) is 0 Å². The zero-order valence-electron chi connectivity index (χ0n) is 17.9. The highest BCUT2D eigenvalue weighted by Gasteiger charge is 2.35. The van der Waals surface area contributed by atoms with Crippen molar-refractivity contribution in [2.45, 2.75) is 58.5 Å². The predicted octanol–water partition coefficient (Wildman–Crippen LogP) is 4.56. The van der Waals surface area contributed by atoms with Gasteiger partial charge in [-0.15, -0.1) is 0 Å². The lowest BCUT2D eigenvalue weighted by Crippen LogP contribution is -2.86. The Labute approximate surface area is 169 Å². The highest BCUT2D eigenvalue weighted by molar-refractivity contribution is 5.90. The third-order valence-electron chi connectivity index (χ3n) is 5.98. The summed E-state index contributed by atoms with van der Waals surface area (Å²) in [5.74, 6) is 0.205. The second-order valence-electron chi connectivity index (χ2n) is 9.54. The van der Waals surface area contributed by atoms with Gasteiger partial charge in [-0.2, -0.15) is 0 Å². The van der Waals surface area contributed by atoms with E-state index in [-0.39, 0.29) is 11.4 Å². The molecule has 28 heavy (non-hydrogen) atoms. The highest BCUT2D eigenvalue weighted by Crippen LogP contribution is 2.30. The fourth-order valence-electron chi connectivity index (χ4n) is 3.96.